The van der Waals surface area contributed by atoms with E-state index in [1.807, 2.05) is 0 Å². The maximum absolute atomic E-state index is 5.55. The third kappa shape index (κ3) is 3.10. The van der Waals surface area contributed by atoms with Crippen LogP contribution in [0.25, 0.3) is 0 Å². The largest absolute Gasteiger partial charge is 0.493 e. The zero-order chi connectivity index (χ0) is 13.1. The molecule has 3 nitrogen and oxygen atoms in total. The van der Waals surface area contributed by atoms with Crippen LogP contribution in [0.3, 0.4) is 0 Å². The van der Waals surface area contributed by atoms with Gasteiger partial charge in [0.2, 0.25) is 0 Å². The summed E-state index contributed by atoms with van der Waals surface area (Å²) < 4.78 is 5.55. The van der Waals surface area contributed by atoms with Gasteiger partial charge in [-0.25, -0.2) is 0 Å². The Morgan fingerprint density at radius 1 is 1.42 bits per heavy atom. The SMILES string of the molecule is CCN1CCCC(NCc2ccc3c(c2)CCO3)C1. The molecule has 1 unspecified atom stereocenters. The number of likely N-dealkylation sites (tertiary alicyclic amines) is 1. The van der Waals surface area contributed by atoms with Gasteiger partial charge in [-0.2, -0.15) is 0 Å². The Balaban J connectivity index is 1.54. The highest BCUT2D eigenvalue weighted by molar-refractivity contribution is 5.39. The molecule has 0 spiro atoms. The van der Waals surface area contributed by atoms with Crippen molar-refractivity contribution in [1.82, 2.24) is 10.2 Å². The lowest BCUT2D eigenvalue weighted by Gasteiger charge is -2.32. The Morgan fingerprint density at radius 3 is 3.26 bits per heavy atom. The highest BCUT2D eigenvalue weighted by Gasteiger charge is 2.18. The number of likely N-dealkylation sites (N-methyl/N-ethyl adjacent to an activating group) is 1. The van der Waals surface area contributed by atoms with Crippen molar-refractivity contribution in [3.63, 3.8) is 0 Å². The minimum absolute atomic E-state index is 0.651. The minimum atomic E-state index is 0.651. The first-order valence-corrected chi connectivity index (χ1v) is 7.55. The van der Waals surface area contributed by atoms with Crippen LogP contribution in [-0.4, -0.2) is 37.2 Å². The van der Waals surface area contributed by atoms with Crippen molar-refractivity contribution in [3.8, 4) is 5.75 Å². The molecule has 0 amide bonds. The fraction of sp³-hybridized carbons (Fsp3) is 0.625. The first-order chi connectivity index (χ1) is 9.35. The summed E-state index contributed by atoms with van der Waals surface area (Å²) in [5.74, 6) is 1.08. The number of nitrogens with zero attached hydrogens (tertiary/aromatic N) is 1. The van der Waals surface area contributed by atoms with E-state index in [1.54, 1.807) is 0 Å². The average Bonchev–Trinajstić information content (AvgIpc) is 2.93. The lowest BCUT2D eigenvalue weighted by atomic mass is 10.0. The van der Waals surface area contributed by atoms with Crippen molar-refractivity contribution < 1.29 is 4.74 Å². The highest BCUT2D eigenvalue weighted by atomic mass is 16.5. The molecule has 3 heteroatoms. The predicted octanol–water partition coefficient (Wildman–Crippen LogP) is 2.20. The Labute approximate surface area is 115 Å². The molecule has 1 N–H and O–H groups in total. The molecule has 1 aromatic rings. The third-order valence-corrected chi connectivity index (χ3v) is 4.30. The maximum atomic E-state index is 5.55. The molecule has 2 heterocycles. The van der Waals surface area contributed by atoms with Gasteiger partial charge in [0.15, 0.2) is 0 Å². The van der Waals surface area contributed by atoms with Gasteiger partial charge in [0.05, 0.1) is 6.61 Å². The van der Waals surface area contributed by atoms with Crippen LogP contribution in [0.5, 0.6) is 5.75 Å². The molecule has 2 aliphatic rings. The summed E-state index contributed by atoms with van der Waals surface area (Å²) in [5, 5.41) is 3.71. The van der Waals surface area contributed by atoms with Crippen molar-refractivity contribution in [2.75, 3.05) is 26.2 Å². The molecule has 1 fully saturated rings. The van der Waals surface area contributed by atoms with Gasteiger partial charge in [-0.3, -0.25) is 0 Å². The smallest absolute Gasteiger partial charge is 0.122 e. The number of benzene rings is 1. The summed E-state index contributed by atoms with van der Waals surface area (Å²) >= 11 is 0. The molecule has 0 bridgehead atoms. The number of hydrogen-bond donors (Lipinski definition) is 1. The zero-order valence-corrected chi connectivity index (χ0v) is 11.8. The molecule has 0 aliphatic carbocycles. The summed E-state index contributed by atoms with van der Waals surface area (Å²) in [7, 11) is 0. The van der Waals surface area contributed by atoms with Crippen LogP contribution >= 0.6 is 0 Å². The molecule has 0 saturated carbocycles. The van der Waals surface area contributed by atoms with Gasteiger partial charge in [0.1, 0.15) is 5.75 Å². The molecule has 2 aliphatic heterocycles. The number of nitrogens with one attached hydrogen (secondary N) is 1. The Morgan fingerprint density at radius 2 is 2.37 bits per heavy atom. The van der Waals surface area contributed by atoms with Crippen LogP contribution in [-0.2, 0) is 13.0 Å². The van der Waals surface area contributed by atoms with E-state index in [4.69, 9.17) is 4.74 Å². The second-order valence-corrected chi connectivity index (χ2v) is 5.65. The minimum Gasteiger partial charge on any atom is -0.493 e. The fourth-order valence-corrected chi connectivity index (χ4v) is 3.12. The molecule has 0 radical (unpaired) electrons. The molecular formula is C16H24N2O. The first kappa shape index (κ1) is 12.9. The van der Waals surface area contributed by atoms with Gasteiger partial charge in [-0.1, -0.05) is 19.1 Å². The molecule has 0 aromatic heterocycles. The van der Waals surface area contributed by atoms with Gasteiger partial charge in [-0.05, 0) is 43.1 Å². The molecule has 3 rings (SSSR count). The van der Waals surface area contributed by atoms with E-state index in [2.05, 4.69) is 35.3 Å². The van der Waals surface area contributed by atoms with E-state index in [1.165, 1.54) is 43.6 Å². The number of fused-ring (bicyclic) bond motifs is 1. The third-order valence-electron chi connectivity index (χ3n) is 4.30. The lowest BCUT2D eigenvalue weighted by molar-refractivity contribution is 0.198. The standard InChI is InChI=1S/C16H24N2O/c1-2-18-8-3-4-15(12-18)17-11-13-5-6-16-14(10-13)7-9-19-16/h5-6,10,15,17H,2-4,7-9,11-12H2,1H3. The van der Waals surface area contributed by atoms with E-state index in [9.17, 15) is 0 Å². The summed E-state index contributed by atoms with van der Waals surface area (Å²) in [6.45, 7) is 7.72. The lowest BCUT2D eigenvalue weighted by Crippen LogP contribution is -2.45. The van der Waals surface area contributed by atoms with E-state index in [0.717, 1.165) is 25.3 Å². The predicted molar refractivity (Wildman–Crippen MR) is 77.6 cm³/mol. The molecule has 1 atom stereocenters. The molecule has 104 valence electrons. The summed E-state index contributed by atoms with van der Waals surface area (Å²) in [6.07, 6.45) is 3.70. The quantitative estimate of drug-likeness (QED) is 0.898. The van der Waals surface area contributed by atoms with Crippen LogP contribution in [0.2, 0.25) is 0 Å². The molecular weight excluding hydrogens is 236 g/mol. The van der Waals surface area contributed by atoms with Crippen molar-refractivity contribution in [2.24, 2.45) is 0 Å². The van der Waals surface area contributed by atoms with Crippen LogP contribution < -0.4 is 10.1 Å². The van der Waals surface area contributed by atoms with Crippen molar-refractivity contribution in [1.29, 1.82) is 0 Å². The highest BCUT2D eigenvalue weighted by Crippen LogP contribution is 2.25. The van der Waals surface area contributed by atoms with Gasteiger partial charge >= 0.3 is 0 Å². The second kappa shape index (κ2) is 5.93. The van der Waals surface area contributed by atoms with Crippen LogP contribution in [0, 0.1) is 0 Å². The van der Waals surface area contributed by atoms with Crippen molar-refractivity contribution >= 4 is 0 Å². The van der Waals surface area contributed by atoms with Crippen molar-refractivity contribution in [2.45, 2.75) is 38.8 Å². The number of piperidine rings is 1. The van der Waals surface area contributed by atoms with Crippen LogP contribution in [0.15, 0.2) is 18.2 Å². The van der Waals surface area contributed by atoms with E-state index >= 15 is 0 Å². The van der Waals surface area contributed by atoms with Gasteiger partial charge in [0, 0.05) is 25.6 Å². The topological polar surface area (TPSA) is 24.5 Å². The van der Waals surface area contributed by atoms with Crippen LogP contribution in [0.4, 0.5) is 0 Å². The summed E-state index contributed by atoms with van der Waals surface area (Å²) in [5.41, 5.74) is 2.76. The number of hydrogen-bond acceptors (Lipinski definition) is 3. The monoisotopic (exact) mass is 260 g/mol. The summed E-state index contributed by atoms with van der Waals surface area (Å²) in [6, 6.07) is 7.27. The summed E-state index contributed by atoms with van der Waals surface area (Å²) in [4.78, 5) is 2.54. The molecule has 1 aromatic carbocycles. The fourth-order valence-electron chi connectivity index (χ4n) is 3.12. The van der Waals surface area contributed by atoms with Crippen LogP contribution in [0.1, 0.15) is 30.9 Å². The van der Waals surface area contributed by atoms with E-state index in [-0.39, 0.29) is 0 Å². The van der Waals surface area contributed by atoms with Crippen molar-refractivity contribution in [3.05, 3.63) is 29.3 Å². The number of ether oxygens (including phenoxy) is 1. The molecule has 1 saturated heterocycles. The second-order valence-electron chi connectivity index (χ2n) is 5.65. The maximum Gasteiger partial charge on any atom is 0.122 e. The van der Waals surface area contributed by atoms with Gasteiger partial charge < -0.3 is 15.0 Å². The normalized spacial score (nSPS) is 23.1. The average molecular weight is 260 g/mol. The van der Waals surface area contributed by atoms with E-state index < -0.39 is 0 Å². The van der Waals surface area contributed by atoms with Gasteiger partial charge in [-0.15, -0.1) is 0 Å². The Kier molecular flexibility index (Phi) is 4.04. The Hall–Kier alpha value is -1.06. The zero-order valence-electron chi connectivity index (χ0n) is 11.8. The molecule has 19 heavy (non-hydrogen) atoms. The number of rotatable bonds is 4. The van der Waals surface area contributed by atoms with Gasteiger partial charge in [0.25, 0.3) is 0 Å². The first-order valence-electron chi connectivity index (χ1n) is 7.55. The Bertz CT molecular complexity index is 433. The van der Waals surface area contributed by atoms with E-state index in [0.29, 0.717) is 6.04 Å².